The lowest BCUT2D eigenvalue weighted by atomic mass is 10.2. The molecule has 98 valence electrons. The van der Waals surface area contributed by atoms with Crippen molar-refractivity contribution in [1.82, 2.24) is 5.32 Å². The van der Waals surface area contributed by atoms with E-state index in [4.69, 9.17) is 0 Å². The topological polar surface area (TPSA) is 84.3 Å². The van der Waals surface area contributed by atoms with E-state index in [1.54, 1.807) is 6.07 Å². The Kier molecular flexibility index (Phi) is 5.26. The number of anilines is 1. The van der Waals surface area contributed by atoms with Crippen molar-refractivity contribution in [3.8, 4) is 0 Å². The molecule has 1 aromatic rings. The first kappa shape index (κ1) is 14.1. The minimum Gasteiger partial charge on any atom is -0.325 e. The fourth-order valence-electron chi connectivity index (χ4n) is 1.31. The van der Waals surface area contributed by atoms with Gasteiger partial charge in [-0.15, -0.1) is 0 Å². The van der Waals surface area contributed by atoms with Gasteiger partial charge in [0.25, 0.3) is 5.69 Å². The van der Waals surface area contributed by atoms with Crippen LogP contribution < -0.4 is 10.6 Å². The van der Waals surface area contributed by atoms with E-state index in [1.807, 2.05) is 13.8 Å². The Bertz CT molecular complexity index is 434. The first-order chi connectivity index (χ1) is 8.52. The van der Waals surface area contributed by atoms with Crippen molar-refractivity contribution < 1.29 is 9.72 Å². The van der Waals surface area contributed by atoms with Crippen molar-refractivity contribution in [3.63, 3.8) is 0 Å². The summed E-state index contributed by atoms with van der Waals surface area (Å²) < 4.78 is 0. The third kappa shape index (κ3) is 4.50. The molecule has 1 atom stereocenters. The van der Waals surface area contributed by atoms with Crippen LogP contribution in [0.15, 0.2) is 24.3 Å². The van der Waals surface area contributed by atoms with Crippen LogP contribution in [-0.4, -0.2) is 23.4 Å². The molecular formula is C12H17N3O3. The van der Waals surface area contributed by atoms with Gasteiger partial charge < -0.3 is 10.6 Å². The fraction of sp³-hybridized carbons (Fsp3) is 0.417. The second-order valence-corrected chi connectivity index (χ2v) is 4.05. The average Bonchev–Trinajstić information content (AvgIpc) is 2.36. The molecule has 0 bridgehead atoms. The van der Waals surface area contributed by atoms with Gasteiger partial charge in [0, 0.05) is 23.9 Å². The Morgan fingerprint density at radius 3 is 2.83 bits per heavy atom. The molecule has 0 spiro atoms. The number of nitro benzene ring substituents is 1. The highest BCUT2D eigenvalue weighted by atomic mass is 16.6. The molecule has 0 heterocycles. The number of carbonyl (C=O) groups excluding carboxylic acids is 1. The number of rotatable bonds is 6. The van der Waals surface area contributed by atoms with E-state index < -0.39 is 4.92 Å². The summed E-state index contributed by atoms with van der Waals surface area (Å²) in [5.74, 6) is -0.212. The molecule has 2 N–H and O–H groups in total. The van der Waals surface area contributed by atoms with Gasteiger partial charge in [0.05, 0.1) is 11.5 Å². The smallest absolute Gasteiger partial charge is 0.271 e. The Balaban J connectivity index is 2.54. The lowest BCUT2D eigenvalue weighted by Gasteiger charge is -2.11. The molecule has 1 amide bonds. The van der Waals surface area contributed by atoms with E-state index in [0.717, 1.165) is 6.42 Å². The molecule has 0 radical (unpaired) electrons. The van der Waals surface area contributed by atoms with Crippen LogP contribution in [0.25, 0.3) is 0 Å². The molecule has 6 heteroatoms. The van der Waals surface area contributed by atoms with Crippen LogP contribution in [-0.2, 0) is 4.79 Å². The third-order valence-corrected chi connectivity index (χ3v) is 2.56. The lowest BCUT2D eigenvalue weighted by molar-refractivity contribution is -0.384. The number of benzene rings is 1. The Labute approximate surface area is 106 Å². The maximum atomic E-state index is 11.6. The highest BCUT2D eigenvalue weighted by Gasteiger charge is 2.08. The van der Waals surface area contributed by atoms with E-state index >= 15 is 0 Å². The van der Waals surface area contributed by atoms with Gasteiger partial charge in [0.2, 0.25) is 5.91 Å². The highest BCUT2D eigenvalue weighted by molar-refractivity contribution is 5.92. The second kappa shape index (κ2) is 6.70. The van der Waals surface area contributed by atoms with Crippen LogP contribution >= 0.6 is 0 Å². The summed E-state index contributed by atoms with van der Waals surface area (Å²) in [6.45, 7) is 4.20. The summed E-state index contributed by atoms with van der Waals surface area (Å²) in [5.41, 5.74) is 0.392. The number of hydrogen-bond acceptors (Lipinski definition) is 4. The predicted molar refractivity (Wildman–Crippen MR) is 69.5 cm³/mol. The Morgan fingerprint density at radius 2 is 2.22 bits per heavy atom. The summed E-state index contributed by atoms with van der Waals surface area (Å²) in [6.07, 6.45) is 0.935. The molecule has 1 unspecified atom stereocenters. The summed E-state index contributed by atoms with van der Waals surface area (Å²) in [6, 6.07) is 6.14. The SMILES string of the molecule is CCC(C)NCC(=O)Nc1cccc([N+](=O)[O-])c1. The van der Waals surface area contributed by atoms with Gasteiger partial charge in [-0.3, -0.25) is 14.9 Å². The molecule has 0 aromatic heterocycles. The van der Waals surface area contributed by atoms with Crippen LogP contribution in [0.1, 0.15) is 20.3 Å². The summed E-state index contributed by atoms with van der Waals surface area (Å²) >= 11 is 0. The van der Waals surface area contributed by atoms with Gasteiger partial charge in [0.1, 0.15) is 0 Å². The molecule has 0 saturated heterocycles. The minimum atomic E-state index is -0.493. The van der Waals surface area contributed by atoms with Gasteiger partial charge in [-0.2, -0.15) is 0 Å². The van der Waals surface area contributed by atoms with Crippen LogP contribution in [0.3, 0.4) is 0 Å². The standard InChI is InChI=1S/C12H17N3O3/c1-3-9(2)13-8-12(16)14-10-5-4-6-11(7-10)15(17)18/h4-7,9,13H,3,8H2,1-2H3,(H,14,16). The van der Waals surface area contributed by atoms with Crippen LogP contribution in [0.5, 0.6) is 0 Å². The van der Waals surface area contributed by atoms with Crippen molar-refractivity contribution in [2.45, 2.75) is 26.3 Å². The maximum Gasteiger partial charge on any atom is 0.271 e. The van der Waals surface area contributed by atoms with Crippen molar-refractivity contribution in [3.05, 3.63) is 34.4 Å². The van der Waals surface area contributed by atoms with Gasteiger partial charge in [0.15, 0.2) is 0 Å². The number of carbonyl (C=O) groups is 1. The lowest BCUT2D eigenvalue weighted by Crippen LogP contribution is -2.33. The number of amides is 1. The molecule has 6 nitrogen and oxygen atoms in total. The first-order valence-corrected chi connectivity index (χ1v) is 5.80. The van der Waals surface area contributed by atoms with E-state index in [-0.39, 0.29) is 24.2 Å². The van der Waals surface area contributed by atoms with E-state index in [9.17, 15) is 14.9 Å². The van der Waals surface area contributed by atoms with Crippen LogP contribution in [0.4, 0.5) is 11.4 Å². The third-order valence-electron chi connectivity index (χ3n) is 2.56. The quantitative estimate of drug-likeness (QED) is 0.597. The summed E-state index contributed by atoms with van der Waals surface area (Å²) in [7, 11) is 0. The molecule has 18 heavy (non-hydrogen) atoms. The molecule has 0 fully saturated rings. The van der Waals surface area contributed by atoms with E-state index in [2.05, 4.69) is 10.6 Å². The fourth-order valence-corrected chi connectivity index (χ4v) is 1.31. The molecule has 0 aliphatic carbocycles. The molecular weight excluding hydrogens is 234 g/mol. The normalized spacial score (nSPS) is 11.9. The number of hydrogen-bond donors (Lipinski definition) is 2. The second-order valence-electron chi connectivity index (χ2n) is 4.05. The number of nitrogens with one attached hydrogen (secondary N) is 2. The summed E-state index contributed by atoms with van der Waals surface area (Å²) in [4.78, 5) is 21.7. The number of nitrogens with zero attached hydrogens (tertiary/aromatic N) is 1. The number of non-ortho nitro benzene ring substituents is 1. The zero-order chi connectivity index (χ0) is 13.5. The average molecular weight is 251 g/mol. The monoisotopic (exact) mass is 251 g/mol. The van der Waals surface area contributed by atoms with Crippen molar-refractivity contribution in [1.29, 1.82) is 0 Å². The maximum absolute atomic E-state index is 11.6. The van der Waals surface area contributed by atoms with Gasteiger partial charge in [-0.1, -0.05) is 13.0 Å². The van der Waals surface area contributed by atoms with Crippen LogP contribution in [0, 0.1) is 10.1 Å². The van der Waals surface area contributed by atoms with Crippen molar-refractivity contribution in [2.24, 2.45) is 0 Å². The molecule has 0 saturated carbocycles. The van der Waals surface area contributed by atoms with Gasteiger partial charge in [-0.05, 0) is 19.4 Å². The minimum absolute atomic E-state index is 0.0392. The Morgan fingerprint density at radius 1 is 1.50 bits per heavy atom. The zero-order valence-electron chi connectivity index (χ0n) is 10.5. The molecule has 1 rings (SSSR count). The van der Waals surface area contributed by atoms with Gasteiger partial charge >= 0.3 is 0 Å². The van der Waals surface area contributed by atoms with Crippen LogP contribution in [0.2, 0.25) is 0 Å². The van der Waals surface area contributed by atoms with E-state index in [0.29, 0.717) is 5.69 Å². The van der Waals surface area contributed by atoms with Gasteiger partial charge in [-0.25, -0.2) is 0 Å². The number of nitro groups is 1. The molecule has 0 aliphatic heterocycles. The summed E-state index contributed by atoms with van der Waals surface area (Å²) in [5, 5.41) is 16.2. The van der Waals surface area contributed by atoms with Crippen molar-refractivity contribution >= 4 is 17.3 Å². The largest absolute Gasteiger partial charge is 0.325 e. The van der Waals surface area contributed by atoms with E-state index in [1.165, 1.54) is 18.2 Å². The molecule has 1 aromatic carbocycles. The first-order valence-electron chi connectivity index (χ1n) is 5.80. The molecule has 0 aliphatic rings. The Hall–Kier alpha value is -1.95. The van der Waals surface area contributed by atoms with Crippen molar-refractivity contribution in [2.75, 3.05) is 11.9 Å². The zero-order valence-corrected chi connectivity index (χ0v) is 10.5. The highest BCUT2D eigenvalue weighted by Crippen LogP contribution is 2.16. The predicted octanol–water partition coefficient (Wildman–Crippen LogP) is 1.92.